The Kier molecular flexibility index (Phi) is 5.93. The minimum Gasteiger partial charge on any atom is -0.497 e. The number of hydrogen-bond donors (Lipinski definition) is 0. The fourth-order valence-electron chi connectivity index (χ4n) is 3.41. The minimum absolute atomic E-state index is 0.0124. The number of carbonyl (C=O) groups is 1. The predicted octanol–water partition coefficient (Wildman–Crippen LogP) is 2.59. The van der Waals surface area contributed by atoms with E-state index in [4.69, 9.17) is 4.74 Å². The van der Waals surface area contributed by atoms with Crippen LogP contribution in [0.4, 0.5) is 5.69 Å². The number of amides is 1. The lowest BCUT2D eigenvalue weighted by Gasteiger charge is -2.29. The SMILES string of the molecule is COc1cccc(C(=O)N(Cc2ccc(N(C)C)cc2)[C@H]2CCS(=O)(=O)C2)c1. The Morgan fingerprint density at radius 1 is 1.14 bits per heavy atom. The second-order valence-corrected chi connectivity index (χ2v) is 9.51. The van der Waals surface area contributed by atoms with Crippen LogP contribution < -0.4 is 9.64 Å². The number of hydrogen-bond acceptors (Lipinski definition) is 5. The van der Waals surface area contributed by atoms with Gasteiger partial charge in [0.25, 0.3) is 5.91 Å². The summed E-state index contributed by atoms with van der Waals surface area (Å²) in [6.45, 7) is 0.365. The van der Waals surface area contributed by atoms with Crippen LogP contribution in [0, 0.1) is 0 Å². The fourth-order valence-corrected chi connectivity index (χ4v) is 5.14. The van der Waals surface area contributed by atoms with Crippen LogP contribution in [0.15, 0.2) is 48.5 Å². The van der Waals surface area contributed by atoms with E-state index in [1.54, 1.807) is 36.3 Å². The second-order valence-electron chi connectivity index (χ2n) is 7.28. The number of ether oxygens (including phenoxy) is 1. The summed E-state index contributed by atoms with van der Waals surface area (Å²) in [4.78, 5) is 16.9. The van der Waals surface area contributed by atoms with E-state index in [1.807, 2.05) is 43.3 Å². The molecule has 1 atom stereocenters. The highest BCUT2D eigenvalue weighted by atomic mass is 32.2. The van der Waals surface area contributed by atoms with Crippen molar-refractivity contribution in [3.63, 3.8) is 0 Å². The van der Waals surface area contributed by atoms with Gasteiger partial charge in [0.05, 0.1) is 18.6 Å². The molecule has 7 heteroatoms. The zero-order chi connectivity index (χ0) is 20.3. The van der Waals surface area contributed by atoms with Gasteiger partial charge >= 0.3 is 0 Å². The maximum atomic E-state index is 13.3. The summed E-state index contributed by atoms with van der Waals surface area (Å²) >= 11 is 0. The average molecular weight is 403 g/mol. The summed E-state index contributed by atoms with van der Waals surface area (Å²) < 4.78 is 29.3. The molecule has 150 valence electrons. The molecule has 1 heterocycles. The summed E-state index contributed by atoms with van der Waals surface area (Å²) in [6.07, 6.45) is 0.466. The van der Waals surface area contributed by atoms with E-state index in [9.17, 15) is 13.2 Å². The van der Waals surface area contributed by atoms with Gasteiger partial charge < -0.3 is 14.5 Å². The Bertz CT molecular complexity index is 939. The quantitative estimate of drug-likeness (QED) is 0.743. The molecule has 0 bridgehead atoms. The molecule has 0 N–H and O–H groups in total. The van der Waals surface area contributed by atoms with Crippen LogP contribution in [-0.4, -0.2) is 58.0 Å². The van der Waals surface area contributed by atoms with E-state index in [0.717, 1.165) is 11.3 Å². The van der Waals surface area contributed by atoms with Gasteiger partial charge in [0.2, 0.25) is 0 Å². The summed E-state index contributed by atoms with van der Waals surface area (Å²) in [5.74, 6) is 0.551. The first-order chi connectivity index (χ1) is 13.3. The minimum atomic E-state index is -3.10. The number of carbonyl (C=O) groups excluding carboxylic acids is 1. The van der Waals surface area contributed by atoms with Crippen LogP contribution in [0.3, 0.4) is 0 Å². The molecule has 0 saturated carbocycles. The number of anilines is 1. The molecule has 0 aliphatic carbocycles. The van der Waals surface area contributed by atoms with Gasteiger partial charge in [-0.05, 0) is 42.3 Å². The first-order valence-electron chi connectivity index (χ1n) is 9.21. The van der Waals surface area contributed by atoms with Crippen molar-refractivity contribution in [2.75, 3.05) is 37.6 Å². The largest absolute Gasteiger partial charge is 0.497 e. The normalized spacial score (nSPS) is 17.9. The highest BCUT2D eigenvalue weighted by molar-refractivity contribution is 7.91. The van der Waals surface area contributed by atoms with Crippen LogP contribution >= 0.6 is 0 Å². The third-order valence-electron chi connectivity index (χ3n) is 5.03. The van der Waals surface area contributed by atoms with Crippen molar-refractivity contribution < 1.29 is 17.9 Å². The van der Waals surface area contributed by atoms with E-state index < -0.39 is 9.84 Å². The first-order valence-corrected chi connectivity index (χ1v) is 11.0. The van der Waals surface area contributed by atoms with E-state index in [-0.39, 0.29) is 23.5 Å². The van der Waals surface area contributed by atoms with Gasteiger partial charge in [-0.15, -0.1) is 0 Å². The number of nitrogens with zero attached hydrogens (tertiary/aromatic N) is 2. The highest BCUT2D eigenvalue weighted by Gasteiger charge is 2.35. The van der Waals surface area contributed by atoms with Crippen molar-refractivity contribution in [1.29, 1.82) is 0 Å². The van der Waals surface area contributed by atoms with Gasteiger partial charge in [-0.1, -0.05) is 18.2 Å². The van der Waals surface area contributed by atoms with E-state index >= 15 is 0 Å². The van der Waals surface area contributed by atoms with Gasteiger partial charge in [-0.2, -0.15) is 0 Å². The average Bonchev–Trinajstić information content (AvgIpc) is 3.05. The van der Waals surface area contributed by atoms with Gasteiger partial charge in [0.15, 0.2) is 9.84 Å². The molecule has 0 spiro atoms. The molecule has 1 aliphatic rings. The Hall–Kier alpha value is -2.54. The lowest BCUT2D eigenvalue weighted by atomic mass is 10.1. The molecular weight excluding hydrogens is 376 g/mol. The van der Waals surface area contributed by atoms with Crippen LogP contribution in [0.1, 0.15) is 22.3 Å². The Labute approximate surface area is 166 Å². The first kappa shape index (κ1) is 20.2. The maximum Gasteiger partial charge on any atom is 0.254 e. The predicted molar refractivity (Wildman–Crippen MR) is 111 cm³/mol. The molecule has 6 nitrogen and oxygen atoms in total. The molecule has 0 unspecified atom stereocenters. The van der Waals surface area contributed by atoms with Crippen molar-refractivity contribution >= 4 is 21.4 Å². The summed E-state index contributed by atoms with van der Waals surface area (Å²) in [6, 6.07) is 14.6. The summed E-state index contributed by atoms with van der Waals surface area (Å²) in [5.41, 5.74) is 2.53. The Morgan fingerprint density at radius 2 is 1.86 bits per heavy atom. The van der Waals surface area contributed by atoms with Crippen molar-refractivity contribution in [1.82, 2.24) is 4.90 Å². The smallest absolute Gasteiger partial charge is 0.254 e. The molecule has 0 aromatic heterocycles. The monoisotopic (exact) mass is 402 g/mol. The van der Waals surface area contributed by atoms with Crippen molar-refractivity contribution in [3.05, 3.63) is 59.7 Å². The number of benzene rings is 2. The van der Waals surface area contributed by atoms with E-state index in [0.29, 0.717) is 24.3 Å². The molecule has 1 amide bonds. The topological polar surface area (TPSA) is 66.9 Å². The Morgan fingerprint density at radius 3 is 2.43 bits per heavy atom. The number of methoxy groups -OCH3 is 1. The molecule has 1 saturated heterocycles. The van der Waals surface area contributed by atoms with E-state index in [2.05, 4.69) is 0 Å². The van der Waals surface area contributed by atoms with Crippen LogP contribution in [0.2, 0.25) is 0 Å². The molecule has 1 fully saturated rings. The lowest BCUT2D eigenvalue weighted by Crippen LogP contribution is -2.40. The molecule has 2 aromatic carbocycles. The second kappa shape index (κ2) is 8.22. The fraction of sp³-hybridized carbons (Fsp3) is 0.381. The molecule has 1 aliphatic heterocycles. The highest BCUT2D eigenvalue weighted by Crippen LogP contribution is 2.24. The molecule has 0 radical (unpaired) electrons. The molecule has 2 aromatic rings. The van der Waals surface area contributed by atoms with Gasteiger partial charge in [-0.3, -0.25) is 4.79 Å². The van der Waals surface area contributed by atoms with Gasteiger partial charge in [-0.25, -0.2) is 8.42 Å². The molecule has 28 heavy (non-hydrogen) atoms. The Balaban J connectivity index is 1.89. The van der Waals surface area contributed by atoms with Crippen molar-refractivity contribution in [2.45, 2.75) is 19.0 Å². The van der Waals surface area contributed by atoms with Crippen LogP contribution in [0.5, 0.6) is 5.75 Å². The standard InChI is InChI=1S/C21H26N2O4S/c1-22(2)18-9-7-16(8-10-18)14-23(19-11-12-28(25,26)15-19)21(24)17-5-4-6-20(13-17)27-3/h4-10,13,19H,11-12,14-15H2,1-3H3/t19-/m0/s1. The molecular formula is C21H26N2O4S. The van der Waals surface area contributed by atoms with Crippen LogP contribution in [0.25, 0.3) is 0 Å². The number of sulfone groups is 1. The summed E-state index contributed by atoms with van der Waals surface area (Å²) in [5, 5.41) is 0. The zero-order valence-corrected chi connectivity index (χ0v) is 17.3. The summed E-state index contributed by atoms with van der Waals surface area (Å²) in [7, 11) is 2.39. The lowest BCUT2D eigenvalue weighted by molar-refractivity contribution is 0.0680. The van der Waals surface area contributed by atoms with Crippen LogP contribution in [-0.2, 0) is 16.4 Å². The van der Waals surface area contributed by atoms with Crippen molar-refractivity contribution in [2.24, 2.45) is 0 Å². The number of rotatable bonds is 6. The molecule has 3 rings (SSSR count). The van der Waals surface area contributed by atoms with Gasteiger partial charge in [0, 0.05) is 37.9 Å². The third kappa shape index (κ3) is 4.65. The maximum absolute atomic E-state index is 13.3. The van der Waals surface area contributed by atoms with Crippen molar-refractivity contribution in [3.8, 4) is 5.75 Å². The third-order valence-corrected chi connectivity index (χ3v) is 6.78. The van der Waals surface area contributed by atoms with Gasteiger partial charge in [0.1, 0.15) is 5.75 Å². The zero-order valence-electron chi connectivity index (χ0n) is 16.5. The van der Waals surface area contributed by atoms with E-state index in [1.165, 1.54) is 0 Å².